The molecule has 3 rings (SSSR count). The molecule has 2 aromatic carbocycles. The van der Waals surface area contributed by atoms with Gasteiger partial charge in [0.05, 0.1) is 17.6 Å². The van der Waals surface area contributed by atoms with E-state index in [0.717, 1.165) is 5.56 Å². The van der Waals surface area contributed by atoms with Crippen LogP contribution in [0, 0.1) is 11.7 Å². The van der Waals surface area contributed by atoms with Crippen LogP contribution in [-0.2, 0) is 9.59 Å². The van der Waals surface area contributed by atoms with Gasteiger partial charge in [0.15, 0.2) is 0 Å². The van der Waals surface area contributed by atoms with Crippen LogP contribution in [0.25, 0.3) is 0 Å². The number of carbonyl (C=O) groups is 2. The van der Waals surface area contributed by atoms with Crippen LogP contribution in [0.2, 0.25) is 0 Å². The first-order valence-corrected chi connectivity index (χ1v) is 8.33. The molecule has 124 valence electrons. The summed E-state index contributed by atoms with van der Waals surface area (Å²) < 4.78 is 14.5. The van der Waals surface area contributed by atoms with E-state index < -0.39 is 11.7 Å². The Bertz CT molecular complexity index is 782. The lowest BCUT2D eigenvalue weighted by molar-refractivity contribution is -0.127. The topological polar surface area (TPSA) is 49.4 Å². The summed E-state index contributed by atoms with van der Waals surface area (Å²) in [5, 5.41) is 2.61. The van der Waals surface area contributed by atoms with E-state index in [1.54, 1.807) is 18.0 Å². The van der Waals surface area contributed by atoms with Crippen molar-refractivity contribution in [2.75, 3.05) is 12.4 Å². The van der Waals surface area contributed by atoms with Crippen LogP contribution in [-0.4, -0.2) is 23.8 Å². The van der Waals surface area contributed by atoms with Crippen molar-refractivity contribution in [3.05, 3.63) is 64.4 Å². The van der Waals surface area contributed by atoms with Gasteiger partial charge in [-0.15, -0.1) is 0 Å². The smallest absolute Gasteiger partial charge is 0.230 e. The fourth-order valence-electron chi connectivity index (χ4n) is 3.03. The fraction of sp³-hybridized carbons (Fsp3) is 0.222. The minimum atomic E-state index is -0.562. The van der Waals surface area contributed by atoms with Crippen molar-refractivity contribution < 1.29 is 14.0 Å². The van der Waals surface area contributed by atoms with Crippen LogP contribution in [0.5, 0.6) is 0 Å². The van der Waals surface area contributed by atoms with Gasteiger partial charge < -0.3 is 10.2 Å². The molecule has 2 atom stereocenters. The molecule has 0 aliphatic carbocycles. The van der Waals surface area contributed by atoms with E-state index in [1.807, 2.05) is 30.3 Å². The standard InChI is InChI=1S/C18H16BrFN2O2/c1-22-16(23)10-13(17(22)11-5-3-2-4-6-11)18(24)21-15-8-7-12(19)9-14(15)20/h2-9,13,17H,10H2,1H3,(H,21,24)/t13-,17-/m0/s1. The summed E-state index contributed by atoms with van der Waals surface area (Å²) in [6.07, 6.45) is 0.111. The van der Waals surface area contributed by atoms with Gasteiger partial charge in [0, 0.05) is 17.9 Å². The van der Waals surface area contributed by atoms with Crippen molar-refractivity contribution in [1.29, 1.82) is 0 Å². The van der Waals surface area contributed by atoms with Crippen molar-refractivity contribution in [1.82, 2.24) is 4.90 Å². The van der Waals surface area contributed by atoms with E-state index in [0.29, 0.717) is 4.47 Å². The third-order valence-corrected chi connectivity index (χ3v) is 4.75. The minimum Gasteiger partial charge on any atom is -0.338 e. The molecule has 2 aromatic rings. The van der Waals surface area contributed by atoms with Gasteiger partial charge in [0.25, 0.3) is 0 Å². The lowest BCUT2D eigenvalue weighted by Gasteiger charge is -2.25. The van der Waals surface area contributed by atoms with Gasteiger partial charge in [-0.2, -0.15) is 0 Å². The van der Waals surface area contributed by atoms with Crippen molar-refractivity contribution in [3.8, 4) is 0 Å². The predicted octanol–water partition coefficient (Wildman–Crippen LogP) is 3.75. The Morgan fingerprint density at radius 1 is 1.25 bits per heavy atom. The number of likely N-dealkylation sites (tertiary alicyclic amines) is 1. The fourth-order valence-corrected chi connectivity index (χ4v) is 3.36. The van der Waals surface area contributed by atoms with Crippen molar-refractivity contribution in [2.45, 2.75) is 12.5 Å². The molecule has 1 aliphatic rings. The van der Waals surface area contributed by atoms with E-state index in [1.165, 1.54) is 12.1 Å². The lowest BCUT2D eigenvalue weighted by atomic mass is 9.93. The van der Waals surface area contributed by atoms with Gasteiger partial charge in [-0.3, -0.25) is 9.59 Å². The summed E-state index contributed by atoms with van der Waals surface area (Å²) in [5.74, 6) is -1.54. The summed E-state index contributed by atoms with van der Waals surface area (Å²) in [5.41, 5.74) is 0.999. The third kappa shape index (κ3) is 3.19. The van der Waals surface area contributed by atoms with Gasteiger partial charge in [0.1, 0.15) is 5.82 Å². The zero-order valence-electron chi connectivity index (χ0n) is 13.0. The SMILES string of the molecule is CN1C(=O)C[C@H](C(=O)Nc2ccc(Br)cc2F)[C@@H]1c1ccccc1. The molecule has 1 saturated heterocycles. The monoisotopic (exact) mass is 390 g/mol. The molecular weight excluding hydrogens is 375 g/mol. The van der Waals surface area contributed by atoms with Gasteiger partial charge in [-0.05, 0) is 23.8 Å². The molecule has 1 aliphatic heterocycles. The van der Waals surface area contributed by atoms with Crippen LogP contribution in [0.15, 0.2) is 53.0 Å². The first kappa shape index (κ1) is 16.6. The summed E-state index contributed by atoms with van der Waals surface area (Å²) >= 11 is 3.18. The average Bonchev–Trinajstić information content (AvgIpc) is 2.86. The first-order valence-electron chi connectivity index (χ1n) is 7.54. The Labute approximate surface area is 147 Å². The van der Waals surface area contributed by atoms with Crippen LogP contribution >= 0.6 is 15.9 Å². The number of benzene rings is 2. The molecule has 0 unspecified atom stereocenters. The highest BCUT2D eigenvalue weighted by Gasteiger charge is 2.42. The largest absolute Gasteiger partial charge is 0.338 e. The second-order valence-corrected chi connectivity index (χ2v) is 6.70. The summed E-state index contributed by atoms with van der Waals surface area (Å²) in [6, 6.07) is 13.5. The molecule has 0 saturated carbocycles. The zero-order valence-corrected chi connectivity index (χ0v) is 14.6. The van der Waals surface area contributed by atoms with Crippen LogP contribution in [0.1, 0.15) is 18.0 Å². The highest BCUT2D eigenvalue weighted by molar-refractivity contribution is 9.10. The summed E-state index contributed by atoms with van der Waals surface area (Å²) in [7, 11) is 1.69. The Morgan fingerprint density at radius 2 is 1.96 bits per heavy atom. The Morgan fingerprint density at radius 3 is 2.62 bits per heavy atom. The van der Waals surface area contributed by atoms with Crippen LogP contribution in [0.3, 0.4) is 0 Å². The number of hydrogen-bond donors (Lipinski definition) is 1. The van der Waals surface area contributed by atoms with Crippen molar-refractivity contribution >= 4 is 33.4 Å². The number of rotatable bonds is 3. The minimum absolute atomic E-state index is 0.0970. The average molecular weight is 391 g/mol. The highest BCUT2D eigenvalue weighted by atomic mass is 79.9. The van der Waals surface area contributed by atoms with Gasteiger partial charge in [-0.25, -0.2) is 4.39 Å². The number of carbonyl (C=O) groups excluding carboxylic acids is 2. The number of amides is 2. The molecular formula is C18H16BrFN2O2. The number of anilines is 1. The van der Waals surface area contributed by atoms with E-state index >= 15 is 0 Å². The van der Waals surface area contributed by atoms with E-state index in [9.17, 15) is 14.0 Å². The van der Waals surface area contributed by atoms with E-state index in [2.05, 4.69) is 21.2 Å². The van der Waals surface area contributed by atoms with Gasteiger partial charge in [0.2, 0.25) is 11.8 Å². The second-order valence-electron chi connectivity index (χ2n) is 5.78. The summed E-state index contributed by atoms with van der Waals surface area (Å²) in [4.78, 5) is 26.3. The van der Waals surface area contributed by atoms with E-state index in [-0.39, 0.29) is 30.0 Å². The number of nitrogens with zero attached hydrogens (tertiary/aromatic N) is 1. The number of nitrogens with one attached hydrogen (secondary N) is 1. The molecule has 0 spiro atoms. The predicted molar refractivity (Wildman–Crippen MR) is 92.8 cm³/mol. The van der Waals surface area contributed by atoms with Crippen molar-refractivity contribution in [2.24, 2.45) is 5.92 Å². The Hall–Kier alpha value is -2.21. The maximum Gasteiger partial charge on any atom is 0.230 e. The van der Waals surface area contributed by atoms with Crippen LogP contribution < -0.4 is 5.32 Å². The molecule has 24 heavy (non-hydrogen) atoms. The second kappa shape index (κ2) is 6.73. The van der Waals surface area contributed by atoms with Crippen molar-refractivity contribution in [3.63, 3.8) is 0 Å². The Kier molecular flexibility index (Phi) is 4.66. The lowest BCUT2D eigenvalue weighted by Crippen LogP contribution is -2.30. The van der Waals surface area contributed by atoms with Crippen LogP contribution in [0.4, 0.5) is 10.1 Å². The molecule has 4 nitrogen and oxygen atoms in total. The first-order chi connectivity index (χ1) is 11.5. The quantitative estimate of drug-likeness (QED) is 0.867. The number of halogens is 2. The molecule has 0 bridgehead atoms. The maximum atomic E-state index is 13.9. The normalized spacial score (nSPS) is 20.3. The zero-order chi connectivity index (χ0) is 17.3. The maximum absolute atomic E-state index is 13.9. The third-order valence-electron chi connectivity index (χ3n) is 4.25. The highest BCUT2D eigenvalue weighted by Crippen LogP contribution is 2.37. The van der Waals surface area contributed by atoms with E-state index in [4.69, 9.17) is 0 Å². The number of hydrogen-bond acceptors (Lipinski definition) is 2. The summed E-state index contributed by atoms with van der Waals surface area (Å²) in [6.45, 7) is 0. The molecule has 1 N–H and O–H groups in total. The molecule has 6 heteroatoms. The van der Waals surface area contributed by atoms with Gasteiger partial charge in [-0.1, -0.05) is 46.3 Å². The molecule has 1 fully saturated rings. The molecule has 2 amide bonds. The molecule has 0 aromatic heterocycles. The molecule has 1 heterocycles. The Balaban J connectivity index is 1.86. The molecule has 0 radical (unpaired) electrons. The van der Waals surface area contributed by atoms with Gasteiger partial charge >= 0.3 is 0 Å².